The molecule has 0 bridgehead atoms. The number of methoxy groups -OCH3 is 2. The molecule has 1 heterocycles. The van der Waals surface area contributed by atoms with Crippen LogP contribution in [0.1, 0.15) is 39.2 Å². The number of carbonyl (C=O) groups excluding carboxylic acids is 1. The van der Waals surface area contributed by atoms with Gasteiger partial charge in [0.2, 0.25) is 0 Å². The third-order valence-electron chi connectivity index (χ3n) is 3.97. The van der Waals surface area contributed by atoms with E-state index in [1.807, 2.05) is 24.3 Å². The second-order valence-corrected chi connectivity index (χ2v) is 6.50. The van der Waals surface area contributed by atoms with Crippen LogP contribution in [0, 0.1) is 0 Å². The van der Waals surface area contributed by atoms with E-state index in [9.17, 15) is 4.79 Å². The number of hydrogen-bond donors (Lipinski definition) is 0. The molecule has 0 spiro atoms. The minimum absolute atomic E-state index is 0.290. The van der Waals surface area contributed by atoms with Crippen molar-refractivity contribution in [2.24, 2.45) is 4.99 Å². The fourth-order valence-corrected chi connectivity index (χ4v) is 4.03. The van der Waals surface area contributed by atoms with Gasteiger partial charge in [-0.25, -0.2) is 9.79 Å². The molecule has 23 heavy (non-hydrogen) atoms. The average Bonchev–Trinajstić information content (AvgIpc) is 2.98. The first-order valence-electron chi connectivity index (χ1n) is 7.64. The van der Waals surface area contributed by atoms with Crippen LogP contribution in [0.3, 0.4) is 0 Å². The summed E-state index contributed by atoms with van der Waals surface area (Å²) < 4.78 is 10.2. The molecule has 120 valence electrons. The average molecular weight is 329 g/mol. The molecule has 0 amide bonds. The normalized spacial score (nSPS) is 13.8. The van der Waals surface area contributed by atoms with E-state index in [0.717, 1.165) is 41.1 Å². The van der Waals surface area contributed by atoms with Crippen LogP contribution in [0.5, 0.6) is 5.75 Å². The summed E-state index contributed by atoms with van der Waals surface area (Å²) in [6.45, 7) is 0. The monoisotopic (exact) mass is 329 g/mol. The highest BCUT2D eigenvalue weighted by Crippen LogP contribution is 2.40. The molecule has 1 aliphatic rings. The first-order chi connectivity index (χ1) is 11.2. The predicted octanol–water partition coefficient (Wildman–Crippen LogP) is 4.17. The Morgan fingerprint density at radius 3 is 2.87 bits per heavy atom. The van der Waals surface area contributed by atoms with Crippen molar-refractivity contribution in [2.75, 3.05) is 14.2 Å². The van der Waals surface area contributed by atoms with E-state index in [1.54, 1.807) is 24.7 Å². The summed E-state index contributed by atoms with van der Waals surface area (Å²) in [7, 11) is 3.06. The van der Waals surface area contributed by atoms with Gasteiger partial charge in [-0.2, -0.15) is 0 Å². The van der Waals surface area contributed by atoms with Crippen LogP contribution < -0.4 is 4.74 Å². The molecular formula is C18H19NO3S. The van der Waals surface area contributed by atoms with Crippen LogP contribution >= 0.6 is 11.3 Å². The zero-order chi connectivity index (χ0) is 16.2. The Morgan fingerprint density at radius 1 is 1.26 bits per heavy atom. The maximum absolute atomic E-state index is 12.2. The fraction of sp³-hybridized carbons (Fsp3) is 0.333. The minimum atomic E-state index is -0.290. The van der Waals surface area contributed by atoms with Gasteiger partial charge >= 0.3 is 5.97 Å². The van der Waals surface area contributed by atoms with Gasteiger partial charge < -0.3 is 9.47 Å². The standard InChI is InChI=1S/C18H19NO3S/c1-21-13-7-5-6-12(10-13)11-19-17-16(18(20)22-2)14-8-3-4-9-15(14)23-17/h5-7,10-11H,3-4,8-9H2,1-2H3. The number of rotatable bonds is 4. The maximum Gasteiger partial charge on any atom is 0.341 e. The largest absolute Gasteiger partial charge is 0.497 e. The van der Waals surface area contributed by atoms with Gasteiger partial charge in [0.05, 0.1) is 19.8 Å². The van der Waals surface area contributed by atoms with E-state index >= 15 is 0 Å². The number of hydrogen-bond acceptors (Lipinski definition) is 5. The van der Waals surface area contributed by atoms with Gasteiger partial charge in [-0.15, -0.1) is 11.3 Å². The first kappa shape index (κ1) is 15.7. The van der Waals surface area contributed by atoms with Crippen molar-refractivity contribution < 1.29 is 14.3 Å². The predicted molar refractivity (Wildman–Crippen MR) is 92.5 cm³/mol. The van der Waals surface area contributed by atoms with Crippen LogP contribution in [-0.4, -0.2) is 26.4 Å². The molecule has 0 fully saturated rings. The third kappa shape index (κ3) is 3.29. The Hall–Kier alpha value is -2.14. The summed E-state index contributed by atoms with van der Waals surface area (Å²) in [6.07, 6.45) is 6.02. The quantitative estimate of drug-likeness (QED) is 0.625. The first-order valence-corrected chi connectivity index (χ1v) is 8.45. The molecule has 0 N–H and O–H groups in total. The van der Waals surface area contributed by atoms with Crippen molar-refractivity contribution in [3.05, 3.63) is 45.8 Å². The molecule has 0 saturated heterocycles. The van der Waals surface area contributed by atoms with Crippen LogP contribution in [-0.2, 0) is 17.6 Å². The van der Waals surface area contributed by atoms with Gasteiger partial charge in [0.1, 0.15) is 10.8 Å². The fourth-order valence-electron chi connectivity index (χ4n) is 2.81. The Morgan fingerprint density at radius 2 is 2.09 bits per heavy atom. The summed E-state index contributed by atoms with van der Waals surface area (Å²) in [4.78, 5) is 18.0. The summed E-state index contributed by atoms with van der Waals surface area (Å²) in [5.74, 6) is 0.495. The number of esters is 1. The van der Waals surface area contributed by atoms with Gasteiger partial charge in [0.25, 0.3) is 0 Å². The molecule has 0 saturated carbocycles. The summed E-state index contributed by atoms with van der Waals surface area (Å²) in [6, 6.07) is 7.67. The minimum Gasteiger partial charge on any atom is -0.497 e. The zero-order valence-corrected chi connectivity index (χ0v) is 14.1. The number of nitrogens with zero attached hydrogens (tertiary/aromatic N) is 1. The molecule has 5 heteroatoms. The highest BCUT2D eigenvalue weighted by molar-refractivity contribution is 7.16. The molecule has 4 nitrogen and oxygen atoms in total. The van der Waals surface area contributed by atoms with E-state index in [2.05, 4.69) is 4.99 Å². The SMILES string of the molecule is COC(=O)c1c(N=Cc2cccc(OC)c2)sc2c1CCCC2. The van der Waals surface area contributed by atoms with Gasteiger partial charge in [-0.3, -0.25) is 0 Å². The van der Waals surface area contributed by atoms with Crippen LogP contribution in [0.2, 0.25) is 0 Å². The lowest BCUT2D eigenvalue weighted by atomic mass is 9.95. The van der Waals surface area contributed by atoms with Gasteiger partial charge in [-0.05, 0) is 48.9 Å². The maximum atomic E-state index is 12.2. The van der Waals surface area contributed by atoms with Crippen molar-refractivity contribution in [2.45, 2.75) is 25.7 Å². The molecule has 1 aromatic heterocycles. The van der Waals surface area contributed by atoms with E-state index in [4.69, 9.17) is 9.47 Å². The van der Waals surface area contributed by atoms with Crippen LogP contribution in [0.25, 0.3) is 0 Å². The van der Waals surface area contributed by atoms with Gasteiger partial charge in [0, 0.05) is 11.1 Å². The molecule has 1 aromatic carbocycles. The molecule has 3 rings (SSSR count). The number of aliphatic imine (C=N–C) groups is 1. The smallest absolute Gasteiger partial charge is 0.341 e. The lowest BCUT2D eigenvalue weighted by molar-refractivity contribution is 0.0601. The van der Waals surface area contributed by atoms with Crippen molar-refractivity contribution in [3.63, 3.8) is 0 Å². The van der Waals surface area contributed by atoms with E-state index in [1.165, 1.54) is 18.4 Å². The lowest BCUT2D eigenvalue weighted by Gasteiger charge is -2.11. The van der Waals surface area contributed by atoms with E-state index < -0.39 is 0 Å². The molecular weight excluding hydrogens is 310 g/mol. The number of benzene rings is 1. The van der Waals surface area contributed by atoms with E-state index in [-0.39, 0.29) is 5.97 Å². The Bertz CT molecular complexity index is 749. The number of ether oxygens (including phenoxy) is 2. The van der Waals surface area contributed by atoms with E-state index in [0.29, 0.717) is 5.56 Å². The highest BCUT2D eigenvalue weighted by atomic mass is 32.1. The Labute approximate surface area is 139 Å². The second kappa shape index (κ2) is 6.96. The van der Waals surface area contributed by atoms with Crippen molar-refractivity contribution in [1.29, 1.82) is 0 Å². The highest BCUT2D eigenvalue weighted by Gasteiger charge is 2.25. The second-order valence-electron chi connectivity index (χ2n) is 5.42. The van der Waals surface area contributed by atoms with Crippen LogP contribution in [0.4, 0.5) is 5.00 Å². The Kier molecular flexibility index (Phi) is 4.76. The molecule has 1 aliphatic carbocycles. The number of thiophene rings is 1. The summed E-state index contributed by atoms with van der Waals surface area (Å²) in [5.41, 5.74) is 2.71. The summed E-state index contributed by atoms with van der Waals surface area (Å²) >= 11 is 1.60. The molecule has 0 unspecified atom stereocenters. The Balaban J connectivity index is 1.97. The van der Waals surface area contributed by atoms with Crippen molar-refractivity contribution >= 4 is 28.5 Å². The van der Waals surface area contributed by atoms with Crippen molar-refractivity contribution in [1.82, 2.24) is 0 Å². The van der Waals surface area contributed by atoms with Crippen LogP contribution in [0.15, 0.2) is 29.3 Å². The lowest BCUT2D eigenvalue weighted by Crippen LogP contribution is -2.07. The summed E-state index contributed by atoms with van der Waals surface area (Å²) in [5, 5.41) is 0.742. The molecule has 2 aromatic rings. The number of aryl methyl sites for hydroxylation is 1. The van der Waals surface area contributed by atoms with Gasteiger partial charge in [-0.1, -0.05) is 12.1 Å². The third-order valence-corrected chi connectivity index (χ3v) is 5.17. The van der Waals surface area contributed by atoms with Crippen molar-refractivity contribution in [3.8, 4) is 5.75 Å². The number of carbonyl (C=O) groups is 1. The van der Waals surface area contributed by atoms with Gasteiger partial charge in [0.15, 0.2) is 0 Å². The molecule has 0 aliphatic heterocycles. The molecule has 0 atom stereocenters. The number of fused-ring (bicyclic) bond motifs is 1. The molecule has 0 radical (unpaired) electrons. The topological polar surface area (TPSA) is 47.9 Å². The zero-order valence-electron chi connectivity index (χ0n) is 13.3.